The van der Waals surface area contributed by atoms with Crippen LogP contribution in [0.3, 0.4) is 0 Å². The van der Waals surface area contributed by atoms with Crippen LogP contribution in [0.1, 0.15) is 44.5 Å². The second kappa shape index (κ2) is 3.09. The molecule has 0 bridgehead atoms. The lowest BCUT2D eigenvalue weighted by atomic mass is 9.93. The number of rotatable bonds is 1. The maximum absolute atomic E-state index is 5.84. The number of alkyl halides is 1. The average molecular weight is 188 g/mol. The van der Waals surface area contributed by atoms with Gasteiger partial charge in [-0.05, 0) is 6.92 Å². The van der Waals surface area contributed by atoms with E-state index in [9.17, 15) is 0 Å². The van der Waals surface area contributed by atoms with Crippen LogP contribution in [-0.4, -0.2) is 5.16 Å². The van der Waals surface area contributed by atoms with E-state index in [4.69, 9.17) is 16.1 Å². The van der Waals surface area contributed by atoms with E-state index < -0.39 is 0 Å². The van der Waals surface area contributed by atoms with Gasteiger partial charge in [0.2, 0.25) is 0 Å². The monoisotopic (exact) mass is 187 g/mol. The average Bonchev–Trinajstić information content (AvgIpc) is 2.30. The Labute approximate surface area is 77.9 Å². The molecule has 0 fully saturated rings. The molecule has 0 amide bonds. The van der Waals surface area contributed by atoms with Gasteiger partial charge in [-0.3, -0.25) is 0 Å². The SMILES string of the molecule is CC(Cl)c1cc(C(C)(C)C)on1. The summed E-state index contributed by atoms with van der Waals surface area (Å²) in [5.41, 5.74) is 0.818. The molecule has 0 aliphatic heterocycles. The molecule has 1 unspecified atom stereocenters. The summed E-state index contributed by atoms with van der Waals surface area (Å²) in [5, 5.41) is 3.80. The summed E-state index contributed by atoms with van der Waals surface area (Å²) in [6.07, 6.45) is 0. The lowest BCUT2D eigenvalue weighted by Crippen LogP contribution is -2.09. The van der Waals surface area contributed by atoms with Crippen molar-refractivity contribution in [2.45, 2.75) is 38.5 Å². The molecule has 1 heterocycles. The Hall–Kier alpha value is -0.500. The van der Waals surface area contributed by atoms with Gasteiger partial charge in [0.1, 0.15) is 11.5 Å². The van der Waals surface area contributed by atoms with Crippen molar-refractivity contribution in [1.82, 2.24) is 5.16 Å². The van der Waals surface area contributed by atoms with Crippen molar-refractivity contribution < 1.29 is 4.52 Å². The standard InChI is InChI=1S/C9H14ClNO/c1-6(10)7-5-8(12-11-7)9(2,3)4/h5-6H,1-4H3. The Kier molecular flexibility index (Phi) is 2.47. The van der Waals surface area contributed by atoms with Gasteiger partial charge in [0.15, 0.2) is 0 Å². The van der Waals surface area contributed by atoms with Crippen molar-refractivity contribution in [1.29, 1.82) is 0 Å². The van der Waals surface area contributed by atoms with Gasteiger partial charge in [0, 0.05) is 11.5 Å². The van der Waals surface area contributed by atoms with E-state index in [1.54, 1.807) is 0 Å². The zero-order valence-electron chi connectivity index (χ0n) is 7.89. The third-order valence-electron chi connectivity index (χ3n) is 1.68. The topological polar surface area (TPSA) is 26.0 Å². The van der Waals surface area contributed by atoms with Crippen molar-refractivity contribution in [3.8, 4) is 0 Å². The van der Waals surface area contributed by atoms with Crippen LogP contribution >= 0.6 is 11.6 Å². The summed E-state index contributed by atoms with van der Waals surface area (Å²) < 4.78 is 5.16. The predicted octanol–water partition coefficient (Wildman–Crippen LogP) is 3.27. The molecule has 0 aliphatic rings. The van der Waals surface area contributed by atoms with Gasteiger partial charge >= 0.3 is 0 Å². The van der Waals surface area contributed by atoms with Crippen LogP contribution < -0.4 is 0 Å². The number of hydrogen-bond donors (Lipinski definition) is 0. The number of nitrogens with zero attached hydrogens (tertiary/aromatic N) is 1. The summed E-state index contributed by atoms with van der Waals surface area (Å²) in [6, 6.07) is 1.91. The molecule has 0 N–H and O–H groups in total. The van der Waals surface area contributed by atoms with Gasteiger partial charge in [0.05, 0.1) is 5.38 Å². The van der Waals surface area contributed by atoms with Gasteiger partial charge < -0.3 is 4.52 Å². The number of aromatic nitrogens is 1. The van der Waals surface area contributed by atoms with Crippen LogP contribution in [0.4, 0.5) is 0 Å². The van der Waals surface area contributed by atoms with Gasteiger partial charge in [-0.25, -0.2) is 0 Å². The zero-order chi connectivity index (χ0) is 9.35. The van der Waals surface area contributed by atoms with Gasteiger partial charge in [-0.15, -0.1) is 11.6 Å². The highest BCUT2D eigenvalue weighted by Crippen LogP contribution is 2.26. The molecule has 0 aromatic carbocycles. The highest BCUT2D eigenvalue weighted by Gasteiger charge is 2.20. The third-order valence-corrected chi connectivity index (χ3v) is 1.90. The van der Waals surface area contributed by atoms with Crippen LogP contribution in [0, 0.1) is 0 Å². The van der Waals surface area contributed by atoms with Crippen molar-refractivity contribution in [2.75, 3.05) is 0 Å². The van der Waals surface area contributed by atoms with Gasteiger partial charge in [0.25, 0.3) is 0 Å². The van der Waals surface area contributed by atoms with E-state index in [0.29, 0.717) is 0 Å². The Balaban J connectivity index is 2.92. The Morgan fingerprint density at radius 2 is 2.08 bits per heavy atom. The maximum Gasteiger partial charge on any atom is 0.142 e. The lowest BCUT2D eigenvalue weighted by molar-refractivity contribution is 0.326. The molecule has 1 aromatic rings. The van der Waals surface area contributed by atoms with E-state index in [1.165, 1.54) is 0 Å². The zero-order valence-corrected chi connectivity index (χ0v) is 8.64. The first-order chi connectivity index (χ1) is 5.41. The summed E-state index contributed by atoms with van der Waals surface area (Å²) in [7, 11) is 0. The van der Waals surface area contributed by atoms with E-state index in [2.05, 4.69) is 25.9 Å². The highest BCUT2D eigenvalue weighted by atomic mass is 35.5. The van der Waals surface area contributed by atoms with Crippen LogP contribution in [0.15, 0.2) is 10.6 Å². The molecule has 0 spiro atoms. The first kappa shape index (κ1) is 9.59. The van der Waals surface area contributed by atoms with Crippen LogP contribution in [-0.2, 0) is 5.41 Å². The van der Waals surface area contributed by atoms with Crippen molar-refractivity contribution in [3.05, 3.63) is 17.5 Å². The van der Waals surface area contributed by atoms with Crippen LogP contribution in [0.25, 0.3) is 0 Å². The molecule has 2 nitrogen and oxygen atoms in total. The fourth-order valence-corrected chi connectivity index (χ4v) is 0.933. The summed E-state index contributed by atoms with van der Waals surface area (Å²) >= 11 is 5.84. The predicted molar refractivity (Wildman–Crippen MR) is 49.5 cm³/mol. The fraction of sp³-hybridized carbons (Fsp3) is 0.667. The number of hydrogen-bond acceptors (Lipinski definition) is 2. The van der Waals surface area contributed by atoms with E-state index in [1.807, 2.05) is 13.0 Å². The summed E-state index contributed by atoms with van der Waals surface area (Å²) in [4.78, 5) is 0. The fourth-order valence-electron chi connectivity index (χ4n) is 0.830. The Morgan fingerprint density at radius 3 is 2.33 bits per heavy atom. The molecule has 68 valence electrons. The largest absolute Gasteiger partial charge is 0.361 e. The van der Waals surface area contributed by atoms with Crippen molar-refractivity contribution in [2.24, 2.45) is 0 Å². The molecule has 0 saturated heterocycles. The minimum Gasteiger partial charge on any atom is -0.361 e. The normalized spacial score (nSPS) is 14.8. The molecular formula is C9H14ClNO. The van der Waals surface area contributed by atoms with E-state index >= 15 is 0 Å². The molecule has 1 rings (SSSR count). The van der Waals surface area contributed by atoms with Crippen LogP contribution in [0.5, 0.6) is 0 Å². The maximum atomic E-state index is 5.84. The van der Waals surface area contributed by atoms with Gasteiger partial charge in [-0.2, -0.15) is 0 Å². The van der Waals surface area contributed by atoms with E-state index in [-0.39, 0.29) is 10.8 Å². The second-order valence-electron chi connectivity index (χ2n) is 3.98. The Morgan fingerprint density at radius 1 is 1.50 bits per heavy atom. The summed E-state index contributed by atoms with van der Waals surface area (Å²) in [6.45, 7) is 8.12. The van der Waals surface area contributed by atoms with Crippen molar-refractivity contribution in [3.63, 3.8) is 0 Å². The molecule has 3 heteroatoms. The molecule has 1 atom stereocenters. The summed E-state index contributed by atoms with van der Waals surface area (Å²) in [5.74, 6) is 0.880. The molecule has 0 saturated carbocycles. The molecule has 0 aliphatic carbocycles. The molecule has 12 heavy (non-hydrogen) atoms. The first-order valence-electron chi connectivity index (χ1n) is 4.02. The van der Waals surface area contributed by atoms with Crippen LogP contribution in [0.2, 0.25) is 0 Å². The second-order valence-corrected chi connectivity index (χ2v) is 4.64. The minimum atomic E-state index is -0.0788. The highest BCUT2D eigenvalue weighted by molar-refractivity contribution is 6.20. The molecule has 0 radical (unpaired) electrons. The molecular weight excluding hydrogens is 174 g/mol. The Bertz CT molecular complexity index is 260. The molecule has 1 aromatic heterocycles. The smallest absolute Gasteiger partial charge is 0.142 e. The van der Waals surface area contributed by atoms with Gasteiger partial charge in [-0.1, -0.05) is 25.9 Å². The first-order valence-corrected chi connectivity index (χ1v) is 4.46. The lowest BCUT2D eigenvalue weighted by Gasteiger charge is -2.12. The number of halogens is 1. The van der Waals surface area contributed by atoms with Crippen molar-refractivity contribution >= 4 is 11.6 Å². The third kappa shape index (κ3) is 2.01. The minimum absolute atomic E-state index is 0.0109. The van der Waals surface area contributed by atoms with E-state index in [0.717, 1.165) is 11.5 Å². The quantitative estimate of drug-likeness (QED) is 0.631.